The van der Waals surface area contributed by atoms with Crippen molar-refractivity contribution >= 4 is 27.2 Å². The number of aromatic nitrogens is 4. The third-order valence-corrected chi connectivity index (χ3v) is 5.61. The minimum absolute atomic E-state index is 0.394. The maximum Gasteiger partial charge on any atom is 0.332 e. The lowest BCUT2D eigenvalue weighted by Gasteiger charge is -2.11. The first-order valence-corrected chi connectivity index (χ1v) is 10.1. The van der Waals surface area contributed by atoms with Gasteiger partial charge in [-0.1, -0.05) is 36.4 Å². The number of rotatable bonds is 4. The average molecular weight is 427 g/mol. The molecule has 31 heavy (non-hydrogen) atoms. The minimum atomic E-state index is -0.692. The number of thiophene rings is 1. The molecule has 0 aliphatic rings. The first kappa shape index (κ1) is 18.8. The summed E-state index contributed by atoms with van der Waals surface area (Å²) in [6, 6.07) is 16.4. The van der Waals surface area contributed by atoms with Crippen LogP contribution in [0.15, 0.2) is 83.4 Å². The number of pyridine rings is 2. The zero-order valence-corrected chi connectivity index (χ0v) is 16.7. The molecular formula is C22H13N5O3S. The van der Waals surface area contributed by atoms with Crippen molar-refractivity contribution in [2.24, 2.45) is 0 Å². The SMILES string of the molecule is O=c1ccn(-c2nc(-c3ccccn3)nc3scc(-c4ccccc4)c23)cc1[N+](=O)[O-]. The maximum absolute atomic E-state index is 11.9. The van der Waals surface area contributed by atoms with Crippen molar-refractivity contribution < 1.29 is 4.92 Å². The van der Waals surface area contributed by atoms with Crippen molar-refractivity contribution in [3.05, 3.63) is 98.9 Å². The molecule has 0 atom stereocenters. The van der Waals surface area contributed by atoms with Crippen molar-refractivity contribution in [2.45, 2.75) is 0 Å². The Labute approximate surface area is 179 Å². The van der Waals surface area contributed by atoms with Gasteiger partial charge in [-0.15, -0.1) is 11.3 Å². The largest absolute Gasteiger partial charge is 0.332 e. The molecule has 0 aliphatic heterocycles. The predicted octanol–water partition coefficient (Wildman–Crippen LogP) is 4.48. The molecule has 0 radical (unpaired) electrons. The highest BCUT2D eigenvalue weighted by Gasteiger charge is 2.20. The molecular weight excluding hydrogens is 414 g/mol. The summed E-state index contributed by atoms with van der Waals surface area (Å²) >= 11 is 1.45. The Kier molecular flexibility index (Phi) is 4.57. The van der Waals surface area contributed by atoms with Gasteiger partial charge in [0.2, 0.25) is 0 Å². The van der Waals surface area contributed by atoms with Crippen LogP contribution in [0.2, 0.25) is 0 Å². The van der Waals surface area contributed by atoms with Gasteiger partial charge in [-0.2, -0.15) is 0 Å². The molecule has 0 spiro atoms. The molecule has 0 amide bonds. The Morgan fingerprint density at radius 1 is 1.00 bits per heavy atom. The normalized spacial score (nSPS) is 11.0. The van der Waals surface area contributed by atoms with Gasteiger partial charge in [0.25, 0.3) is 5.43 Å². The van der Waals surface area contributed by atoms with Crippen LogP contribution in [0, 0.1) is 10.1 Å². The fourth-order valence-electron chi connectivity index (χ4n) is 3.29. The molecule has 5 rings (SSSR count). The van der Waals surface area contributed by atoms with Gasteiger partial charge in [-0.05, 0) is 17.7 Å². The Morgan fingerprint density at radius 2 is 1.81 bits per heavy atom. The van der Waals surface area contributed by atoms with Gasteiger partial charge >= 0.3 is 5.69 Å². The lowest BCUT2D eigenvalue weighted by molar-refractivity contribution is -0.386. The molecule has 0 bridgehead atoms. The standard InChI is InChI=1S/C22H13N5O3S/c28-18-9-11-26(12-17(18)27(29)30)21-19-15(14-6-2-1-3-7-14)13-31-22(19)25-20(24-21)16-8-4-5-10-23-16/h1-13H. The van der Waals surface area contributed by atoms with Crippen molar-refractivity contribution in [3.8, 4) is 28.5 Å². The summed E-state index contributed by atoms with van der Waals surface area (Å²) in [5.41, 5.74) is 1.27. The Bertz CT molecular complexity index is 1480. The number of benzene rings is 1. The molecule has 0 fully saturated rings. The second-order valence-electron chi connectivity index (χ2n) is 6.64. The Hall–Kier alpha value is -4.24. The Balaban J connectivity index is 1.84. The molecule has 8 nitrogen and oxygen atoms in total. The van der Waals surface area contributed by atoms with Gasteiger partial charge in [-0.25, -0.2) is 9.97 Å². The molecule has 5 aromatic rings. The van der Waals surface area contributed by atoms with E-state index in [2.05, 4.69) is 9.97 Å². The van der Waals surface area contributed by atoms with E-state index in [0.717, 1.165) is 16.5 Å². The van der Waals surface area contributed by atoms with E-state index in [9.17, 15) is 14.9 Å². The van der Waals surface area contributed by atoms with Crippen LogP contribution >= 0.6 is 11.3 Å². The highest BCUT2D eigenvalue weighted by molar-refractivity contribution is 7.17. The van der Waals surface area contributed by atoms with E-state index in [1.165, 1.54) is 34.4 Å². The molecule has 150 valence electrons. The number of nitrogens with zero attached hydrogens (tertiary/aromatic N) is 5. The third-order valence-electron chi connectivity index (χ3n) is 4.73. The molecule has 0 saturated carbocycles. The molecule has 9 heteroatoms. The van der Waals surface area contributed by atoms with Crippen LogP contribution in [0.3, 0.4) is 0 Å². The van der Waals surface area contributed by atoms with Crippen LogP contribution in [0.4, 0.5) is 5.69 Å². The minimum Gasteiger partial charge on any atom is -0.301 e. The van der Waals surface area contributed by atoms with Gasteiger partial charge in [-0.3, -0.25) is 19.9 Å². The van der Waals surface area contributed by atoms with Crippen LogP contribution in [0.1, 0.15) is 0 Å². The van der Waals surface area contributed by atoms with E-state index in [-0.39, 0.29) is 0 Å². The van der Waals surface area contributed by atoms with Crippen molar-refractivity contribution in [3.63, 3.8) is 0 Å². The number of fused-ring (bicyclic) bond motifs is 1. The highest BCUT2D eigenvalue weighted by Crippen LogP contribution is 2.37. The fourth-order valence-corrected chi connectivity index (χ4v) is 4.23. The van der Waals surface area contributed by atoms with Crippen LogP contribution in [-0.2, 0) is 0 Å². The van der Waals surface area contributed by atoms with Crippen LogP contribution < -0.4 is 5.43 Å². The van der Waals surface area contributed by atoms with Crippen molar-refractivity contribution in [1.82, 2.24) is 19.5 Å². The topological polar surface area (TPSA) is 104 Å². The first-order valence-electron chi connectivity index (χ1n) is 9.25. The summed E-state index contributed by atoms with van der Waals surface area (Å²) in [4.78, 5) is 37.0. The molecule has 0 unspecified atom stereocenters. The molecule has 1 aromatic carbocycles. The van der Waals surface area contributed by atoms with Gasteiger partial charge in [0, 0.05) is 29.4 Å². The van der Waals surface area contributed by atoms with Crippen molar-refractivity contribution in [2.75, 3.05) is 0 Å². The third kappa shape index (κ3) is 3.36. The lowest BCUT2D eigenvalue weighted by Crippen LogP contribution is -2.11. The Morgan fingerprint density at radius 3 is 2.55 bits per heavy atom. The van der Waals surface area contributed by atoms with E-state index in [1.54, 1.807) is 18.3 Å². The fraction of sp³-hybridized carbons (Fsp3) is 0. The quantitative estimate of drug-likeness (QED) is 0.309. The van der Waals surface area contributed by atoms with Crippen LogP contribution in [0.5, 0.6) is 0 Å². The predicted molar refractivity (Wildman–Crippen MR) is 118 cm³/mol. The van der Waals surface area contributed by atoms with Gasteiger partial charge in [0.05, 0.1) is 16.5 Å². The summed E-state index contributed by atoms with van der Waals surface area (Å²) in [5.74, 6) is 0.833. The summed E-state index contributed by atoms with van der Waals surface area (Å²) in [6.07, 6.45) is 4.32. The molecule has 0 saturated heterocycles. The zero-order chi connectivity index (χ0) is 21.4. The monoisotopic (exact) mass is 427 g/mol. The van der Waals surface area contributed by atoms with E-state index >= 15 is 0 Å². The first-order chi connectivity index (χ1) is 15.1. The second-order valence-corrected chi connectivity index (χ2v) is 7.50. The number of hydrogen-bond donors (Lipinski definition) is 0. The lowest BCUT2D eigenvalue weighted by atomic mass is 10.1. The summed E-state index contributed by atoms with van der Waals surface area (Å²) in [5, 5.41) is 14.1. The molecule has 4 aromatic heterocycles. The van der Waals surface area contributed by atoms with Crippen molar-refractivity contribution in [1.29, 1.82) is 0 Å². The van der Waals surface area contributed by atoms with Gasteiger partial charge < -0.3 is 4.57 Å². The maximum atomic E-state index is 11.9. The van der Waals surface area contributed by atoms with E-state index in [4.69, 9.17) is 4.98 Å². The summed E-state index contributed by atoms with van der Waals surface area (Å²) in [6.45, 7) is 0. The highest BCUT2D eigenvalue weighted by atomic mass is 32.1. The van der Waals surface area contributed by atoms with Crippen LogP contribution in [-0.4, -0.2) is 24.4 Å². The summed E-state index contributed by atoms with van der Waals surface area (Å²) in [7, 11) is 0. The zero-order valence-electron chi connectivity index (χ0n) is 15.9. The van der Waals surface area contributed by atoms with Gasteiger partial charge in [0.1, 0.15) is 16.3 Å². The smallest absolute Gasteiger partial charge is 0.301 e. The van der Waals surface area contributed by atoms with Gasteiger partial charge in [0.15, 0.2) is 5.82 Å². The van der Waals surface area contributed by atoms with Crippen LogP contribution in [0.25, 0.3) is 38.7 Å². The molecule has 0 aliphatic carbocycles. The van der Waals surface area contributed by atoms with E-state index < -0.39 is 16.0 Å². The average Bonchev–Trinajstić information content (AvgIpc) is 3.24. The number of hydrogen-bond acceptors (Lipinski definition) is 7. The molecule has 0 N–H and O–H groups in total. The van der Waals surface area contributed by atoms with E-state index in [0.29, 0.717) is 22.2 Å². The van der Waals surface area contributed by atoms with E-state index in [1.807, 2.05) is 41.8 Å². The molecule has 4 heterocycles. The summed E-state index contributed by atoms with van der Waals surface area (Å²) < 4.78 is 1.50. The second kappa shape index (κ2) is 7.54. The number of nitro groups is 1.